The van der Waals surface area contributed by atoms with Crippen molar-refractivity contribution < 1.29 is 9.90 Å². The van der Waals surface area contributed by atoms with Crippen LogP contribution >= 0.6 is 22.7 Å². The molecule has 0 aliphatic heterocycles. The average molecular weight is 320 g/mol. The van der Waals surface area contributed by atoms with Crippen LogP contribution in [0.2, 0.25) is 0 Å². The van der Waals surface area contributed by atoms with E-state index in [2.05, 4.69) is 10.3 Å². The number of rotatable bonds is 4. The monoisotopic (exact) mass is 320 g/mol. The number of aromatic nitrogens is 1. The summed E-state index contributed by atoms with van der Waals surface area (Å²) in [5.74, 6) is 0.0685. The lowest BCUT2D eigenvalue weighted by Crippen LogP contribution is -2.32. The summed E-state index contributed by atoms with van der Waals surface area (Å²) in [7, 11) is 0. The highest BCUT2D eigenvalue weighted by molar-refractivity contribution is 7.17. The smallest absolute Gasteiger partial charge is 0.263 e. The molecule has 4 nitrogen and oxygen atoms in total. The number of hydrogen-bond donors (Lipinski definition) is 2. The molecule has 1 aliphatic rings. The van der Waals surface area contributed by atoms with E-state index in [9.17, 15) is 4.79 Å². The molecule has 1 amide bonds. The SMILES string of the molecule is Cc1nc(-c2ccsc2)sc1C(=O)N[C@@H]1C=C[C@H](CO)C1. The Morgan fingerprint density at radius 3 is 3.05 bits per heavy atom. The Morgan fingerprint density at radius 2 is 2.38 bits per heavy atom. The highest BCUT2D eigenvalue weighted by Gasteiger charge is 2.23. The molecule has 0 aromatic carbocycles. The minimum absolute atomic E-state index is 0.000692. The van der Waals surface area contributed by atoms with Gasteiger partial charge in [0.2, 0.25) is 0 Å². The summed E-state index contributed by atoms with van der Waals surface area (Å²) >= 11 is 3.05. The number of nitrogens with zero attached hydrogens (tertiary/aromatic N) is 1. The van der Waals surface area contributed by atoms with E-state index in [0.29, 0.717) is 4.88 Å². The van der Waals surface area contributed by atoms with Crippen molar-refractivity contribution >= 4 is 28.6 Å². The lowest BCUT2D eigenvalue weighted by Gasteiger charge is -2.11. The summed E-state index contributed by atoms with van der Waals surface area (Å²) in [4.78, 5) is 17.5. The number of thiophene rings is 1. The molecule has 2 atom stereocenters. The van der Waals surface area contributed by atoms with E-state index >= 15 is 0 Å². The van der Waals surface area contributed by atoms with Crippen molar-refractivity contribution in [2.45, 2.75) is 19.4 Å². The molecule has 0 saturated carbocycles. The van der Waals surface area contributed by atoms with Crippen molar-refractivity contribution in [2.24, 2.45) is 5.92 Å². The lowest BCUT2D eigenvalue weighted by molar-refractivity contribution is 0.0944. The van der Waals surface area contributed by atoms with Crippen LogP contribution in [0.4, 0.5) is 0 Å². The lowest BCUT2D eigenvalue weighted by atomic mass is 10.1. The Bertz CT molecular complexity index is 661. The molecule has 2 aromatic heterocycles. The molecular weight excluding hydrogens is 304 g/mol. The molecule has 1 aliphatic carbocycles. The largest absolute Gasteiger partial charge is 0.396 e. The Labute approximate surface area is 131 Å². The average Bonchev–Trinajstić information content (AvgIpc) is 3.17. The number of carbonyl (C=O) groups is 1. The zero-order valence-electron chi connectivity index (χ0n) is 11.6. The quantitative estimate of drug-likeness (QED) is 0.852. The van der Waals surface area contributed by atoms with Crippen LogP contribution in [0.25, 0.3) is 10.6 Å². The van der Waals surface area contributed by atoms with Crippen LogP contribution in [0.15, 0.2) is 29.0 Å². The van der Waals surface area contributed by atoms with Crippen LogP contribution < -0.4 is 5.32 Å². The first kappa shape index (κ1) is 14.4. The third-order valence-electron chi connectivity index (χ3n) is 3.49. The first-order chi connectivity index (χ1) is 10.2. The summed E-state index contributed by atoms with van der Waals surface area (Å²) in [6.07, 6.45) is 4.67. The summed E-state index contributed by atoms with van der Waals surface area (Å²) in [6.45, 7) is 1.99. The standard InChI is InChI=1S/C15H16N2O2S2/c1-9-13(21-15(16-9)11-4-5-20-8-11)14(19)17-12-3-2-10(6-12)7-18/h2-5,8,10,12,18H,6-7H2,1H3,(H,17,19)/t10-,12+/m0/s1. The van der Waals surface area contributed by atoms with Gasteiger partial charge in [0.15, 0.2) is 0 Å². The van der Waals surface area contributed by atoms with Crippen LogP contribution in [-0.2, 0) is 0 Å². The van der Waals surface area contributed by atoms with Gasteiger partial charge in [-0.25, -0.2) is 4.98 Å². The zero-order valence-corrected chi connectivity index (χ0v) is 13.2. The second-order valence-electron chi connectivity index (χ2n) is 5.09. The molecule has 6 heteroatoms. The van der Waals surface area contributed by atoms with Crippen LogP contribution in [0.1, 0.15) is 21.8 Å². The number of hydrogen-bond acceptors (Lipinski definition) is 5. The molecule has 21 heavy (non-hydrogen) atoms. The molecule has 2 heterocycles. The number of aliphatic hydroxyl groups is 1. The molecule has 0 unspecified atom stereocenters. The predicted octanol–water partition coefficient (Wildman–Crippen LogP) is 2.85. The van der Waals surface area contributed by atoms with Gasteiger partial charge in [0, 0.05) is 29.5 Å². The summed E-state index contributed by atoms with van der Waals surface area (Å²) in [5, 5.41) is 17.0. The number of nitrogens with one attached hydrogen (secondary N) is 1. The van der Waals surface area contributed by atoms with Gasteiger partial charge in [-0.3, -0.25) is 4.79 Å². The van der Waals surface area contributed by atoms with Crippen LogP contribution in [0.5, 0.6) is 0 Å². The first-order valence-corrected chi connectivity index (χ1v) is 8.53. The van der Waals surface area contributed by atoms with Gasteiger partial charge in [0.25, 0.3) is 5.91 Å². The second kappa shape index (κ2) is 6.09. The molecule has 2 aromatic rings. The van der Waals surface area contributed by atoms with Gasteiger partial charge in [-0.15, -0.1) is 11.3 Å². The van der Waals surface area contributed by atoms with Gasteiger partial charge in [0.05, 0.1) is 5.69 Å². The third-order valence-corrected chi connectivity index (χ3v) is 5.38. The van der Waals surface area contributed by atoms with Crippen LogP contribution in [0.3, 0.4) is 0 Å². The van der Waals surface area contributed by atoms with Crippen molar-refractivity contribution in [3.8, 4) is 10.6 Å². The van der Waals surface area contributed by atoms with Crippen molar-refractivity contribution in [3.63, 3.8) is 0 Å². The highest BCUT2D eigenvalue weighted by atomic mass is 32.1. The normalized spacial score (nSPS) is 20.9. The first-order valence-electron chi connectivity index (χ1n) is 6.77. The Balaban J connectivity index is 1.72. The zero-order chi connectivity index (χ0) is 14.8. The maximum absolute atomic E-state index is 12.4. The number of amides is 1. The Kier molecular flexibility index (Phi) is 4.19. The van der Waals surface area contributed by atoms with E-state index in [0.717, 1.165) is 22.7 Å². The fourth-order valence-electron chi connectivity index (χ4n) is 2.37. The maximum Gasteiger partial charge on any atom is 0.263 e. The number of aryl methyl sites for hydroxylation is 1. The van der Waals surface area contributed by atoms with Gasteiger partial charge < -0.3 is 10.4 Å². The summed E-state index contributed by atoms with van der Waals surface area (Å²) < 4.78 is 0. The van der Waals surface area contributed by atoms with E-state index in [1.807, 2.05) is 35.9 Å². The molecule has 0 fully saturated rings. The number of carbonyl (C=O) groups excluding carboxylic acids is 1. The number of thiazole rings is 1. The van der Waals surface area contributed by atoms with Gasteiger partial charge in [-0.1, -0.05) is 12.2 Å². The fraction of sp³-hybridized carbons (Fsp3) is 0.333. The Morgan fingerprint density at radius 1 is 1.52 bits per heavy atom. The van der Waals surface area contributed by atoms with Crippen LogP contribution in [0, 0.1) is 12.8 Å². The Hall–Kier alpha value is -1.50. The summed E-state index contributed by atoms with van der Waals surface area (Å²) in [6, 6.07) is 2.01. The van der Waals surface area contributed by atoms with Crippen molar-refractivity contribution in [1.82, 2.24) is 10.3 Å². The summed E-state index contributed by atoms with van der Waals surface area (Å²) in [5.41, 5.74) is 1.83. The topological polar surface area (TPSA) is 62.2 Å². The van der Waals surface area contributed by atoms with E-state index in [1.165, 1.54) is 11.3 Å². The molecule has 3 rings (SSSR count). The van der Waals surface area contributed by atoms with Gasteiger partial charge >= 0.3 is 0 Å². The number of aliphatic hydroxyl groups excluding tert-OH is 1. The fourth-order valence-corrected chi connectivity index (χ4v) is 4.05. The maximum atomic E-state index is 12.4. The highest BCUT2D eigenvalue weighted by Crippen LogP contribution is 2.29. The van der Waals surface area contributed by atoms with Crippen molar-refractivity contribution in [3.05, 3.63) is 39.5 Å². The molecule has 110 valence electrons. The minimum Gasteiger partial charge on any atom is -0.396 e. The third kappa shape index (κ3) is 3.07. The van der Waals surface area contributed by atoms with E-state index in [1.54, 1.807) is 11.3 Å². The molecule has 0 radical (unpaired) electrons. The molecule has 0 saturated heterocycles. The van der Waals surface area contributed by atoms with Crippen molar-refractivity contribution in [2.75, 3.05) is 6.61 Å². The van der Waals surface area contributed by atoms with E-state index in [-0.39, 0.29) is 24.5 Å². The van der Waals surface area contributed by atoms with Crippen molar-refractivity contribution in [1.29, 1.82) is 0 Å². The van der Waals surface area contributed by atoms with Gasteiger partial charge in [-0.05, 0) is 24.8 Å². The van der Waals surface area contributed by atoms with Gasteiger partial charge in [0.1, 0.15) is 9.88 Å². The predicted molar refractivity (Wildman–Crippen MR) is 85.8 cm³/mol. The van der Waals surface area contributed by atoms with E-state index in [4.69, 9.17) is 5.11 Å². The molecule has 0 spiro atoms. The van der Waals surface area contributed by atoms with E-state index < -0.39 is 0 Å². The molecular formula is C15H16N2O2S2. The van der Waals surface area contributed by atoms with Gasteiger partial charge in [-0.2, -0.15) is 11.3 Å². The second-order valence-corrected chi connectivity index (χ2v) is 6.87. The molecule has 0 bridgehead atoms. The van der Waals surface area contributed by atoms with Crippen LogP contribution in [-0.4, -0.2) is 28.6 Å². The molecule has 2 N–H and O–H groups in total. The minimum atomic E-state index is -0.0836.